The van der Waals surface area contributed by atoms with Crippen LogP contribution in [0.4, 0.5) is 5.69 Å². The van der Waals surface area contributed by atoms with Crippen molar-refractivity contribution in [3.63, 3.8) is 0 Å². The summed E-state index contributed by atoms with van der Waals surface area (Å²) >= 11 is 0. The van der Waals surface area contributed by atoms with Crippen molar-refractivity contribution in [2.45, 2.75) is 6.92 Å². The second kappa shape index (κ2) is 4.25. The summed E-state index contributed by atoms with van der Waals surface area (Å²) in [7, 11) is 0. The van der Waals surface area contributed by atoms with Crippen molar-refractivity contribution >= 4 is 28.3 Å². The van der Waals surface area contributed by atoms with E-state index in [1.165, 1.54) is 0 Å². The summed E-state index contributed by atoms with van der Waals surface area (Å²) in [5, 5.41) is 4.43. The van der Waals surface area contributed by atoms with Crippen LogP contribution in [0.25, 0.3) is 10.8 Å². The van der Waals surface area contributed by atoms with Gasteiger partial charge >= 0.3 is 11.8 Å². The van der Waals surface area contributed by atoms with E-state index in [0.29, 0.717) is 5.69 Å². The summed E-state index contributed by atoms with van der Waals surface area (Å²) in [5.41, 5.74) is 6.45. The molecular weight excluding hydrogens is 216 g/mol. The summed E-state index contributed by atoms with van der Waals surface area (Å²) in [6.07, 6.45) is 0. The number of nitrogens with two attached hydrogens (primary N) is 1. The lowest BCUT2D eigenvalue weighted by atomic mass is 10.0. The Bertz CT molecular complexity index is 605. The van der Waals surface area contributed by atoms with Gasteiger partial charge in [0.1, 0.15) is 0 Å². The van der Waals surface area contributed by atoms with Gasteiger partial charge in [0.05, 0.1) is 5.69 Å². The van der Waals surface area contributed by atoms with Crippen LogP contribution in [0.2, 0.25) is 0 Å². The van der Waals surface area contributed by atoms with Gasteiger partial charge in [-0.15, -0.1) is 0 Å². The molecule has 0 aliphatic heterocycles. The molecule has 0 spiro atoms. The lowest BCUT2D eigenvalue weighted by Crippen LogP contribution is -2.29. The Kier molecular flexibility index (Phi) is 2.78. The van der Waals surface area contributed by atoms with Crippen molar-refractivity contribution in [1.29, 1.82) is 0 Å². The van der Waals surface area contributed by atoms with Crippen LogP contribution in [0.5, 0.6) is 0 Å². The van der Waals surface area contributed by atoms with Gasteiger partial charge in [0, 0.05) is 5.39 Å². The van der Waals surface area contributed by atoms with E-state index in [-0.39, 0.29) is 0 Å². The fourth-order valence-electron chi connectivity index (χ4n) is 1.72. The van der Waals surface area contributed by atoms with E-state index in [4.69, 9.17) is 5.73 Å². The van der Waals surface area contributed by atoms with Crippen molar-refractivity contribution in [1.82, 2.24) is 0 Å². The number of hydrogen-bond donors (Lipinski definition) is 2. The van der Waals surface area contributed by atoms with Crippen molar-refractivity contribution in [3.8, 4) is 0 Å². The number of nitrogens with one attached hydrogen (secondary N) is 1. The molecule has 3 N–H and O–H groups in total. The zero-order valence-electron chi connectivity index (χ0n) is 9.36. The highest BCUT2D eigenvalue weighted by molar-refractivity contribution is 6.39. The molecule has 0 aliphatic rings. The first kappa shape index (κ1) is 11.1. The number of amides is 2. The smallest absolute Gasteiger partial charge is 0.313 e. The van der Waals surface area contributed by atoms with Crippen LogP contribution in [0.3, 0.4) is 0 Å². The van der Waals surface area contributed by atoms with Crippen LogP contribution in [0.15, 0.2) is 36.4 Å². The third kappa shape index (κ3) is 2.10. The number of carbonyl (C=O) groups is 2. The number of fused-ring (bicyclic) bond motifs is 1. The predicted molar refractivity (Wildman–Crippen MR) is 66.5 cm³/mol. The Hall–Kier alpha value is -2.36. The Morgan fingerprint density at radius 2 is 1.82 bits per heavy atom. The molecular formula is C13H12N2O2. The van der Waals surface area contributed by atoms with Crippen LogP contribution in [-0.2, 0) is 9.59 Å². The number of carbonyl (C=O) groups excluding carboxylic acids is 2. The molecule has 2 aromatic rings. The van der Waals surface area contributed by atoms with Crippen molar-refractivity contribution < 1.29 is 9.59 Å². The van der Waals surface area contributed by atoms with Crippen molar-refractivity contribution in [3.05, 3.63) is 42.0 Å². The number of primary amides is 1. The van der Waals surface area contributed by atoms with E-state index in [1.54, 1.807) is 0 Å². The SMILES string of the molecule is Cc1ccc2ccccc2c1NC(=O)C(N)=O. The van der Waals surface area contributed by atoms with Gasteiger partial charge in [0.2, 0.25) is 0 Å². The first-order valence-electron chi connectivity index (χ1n) is 5.18. The van der Waals surface area contributed by atoms with Gasteiger partial charge in [-0.3, -0.25) is 9.59 Å². The number of benzene rings is 2. The molecule has 0 radical (unpaired) electrons. The largest absolute Gasteiger partial charge is 0.361 e. The third-order valence-electron chi connectivity index (χ3n) is 2.60. The molecule has 0 unspecified atom stereocenters. The molecule has 17 heavy (non-hydrogen) atoms. The van der Waals surface area contributed by atoms with Crippen LogP contribution in [0, 0.1) is 6.92 Å². The van der Waals surface area contributed by atoms with Crippen LogP contribution < -0.4 is 11.1 Å². The third-order valence-corrected chi connectivity index (χ3v) is 2.60. The standard InChI is InChI=1S/C13H12N2O2/c1-8-6-7-9-4-2-3-5-10(9)11(8)15-13(17)12(14)16/h2-7H,1H3,(H2,14,16)(H,15,17). The molecule has 0 fully saturated rings. The zero-order chi connectivity index (χ0) is 12.4. The number of aryl methyl sites for hydroxylation is 1. The Labute approximate surface area is 98.4 Å². The average Bonchev–Trinajstić information content (AvgIpc) is 2.32. The molecule has 0 aliphatic carbocycles. The van der Waals surface area contributed by atoms with Crippen molar-refractivity contribution in [2.75, 3.05) is 5.32 Å². The van der Waals surface area contributed by atoms with Crippen LogP contribution >= 0.6 is 0 Å². The minimum absolute atomic E-state index is 0.631. The van der Waals surface area contributed by atoms with Gasteiger partial charge in [-0.2, -0.15) is 0 Å². The van der Waals surface area contributed by atoms with Gasteiger partial charge in [0.15, 0.2) is 0 Å². The van der Waals surface area contributed by atoms with Gasteiger partial charge in [0.25, 0.3) is 0 Å². The average molecular weight is 228 g/mol. The highest BCUT2D eigenvalue weighted by Crippen LogP contribution is 2.26. The van der Waals surface area contributed by atoms with Crippen LogP contribution in [-0.4, -0.2) is 11.8 Å². The van der Waals surface area contributed by atoms with E-state index in [1.807, 2.05) is 43.3 Å². The molecule has 4 nitrogen and oxygen atoms in total. The van der Waals surface area contributed by atoms with Crippen molar-refractivity contribution in [2.24, 2.45) is 5.73 Å². The summed E-state index contributed by atoms with van der Waals surface area (Å²) in [5.74, 6) is -1.79. The highest BCUT2D eigenvalue weighted by Gasteiger charge is 2.12. The molecule has 4 heteroatoms. The molecule has 0 heterocycles. The fourth-order valence-corrected chi connectivity index (χ4v) is 1.72. The normalized spacial score (nSPS) is 10.2. The minimum atomic E-state index is -0.989. The lowest BCUT2D eigenvalue weighted by molar-refractivity contribution is -0.134. The second-order valence-electron chi connectivity index (χ2n) is 3.80. The minimum Gasteiger partial charge on any atom is -0.361 e. The first-order chi connectivity index (χ1) is 8.09. The summed E-state index contributed by atoms with van der Waals surface area (Å²) in [6, 6.07) is 11.5. The fraction of sp³-hybridized carbons (Fsp3) is 0.0769. The van der Waals surface area contributed by atoms with Gasteiger partial charge in [-0.05, 0) is 17.9 Å². The summed E-state index contributed by atoms with van der Waals surface area (Å²) < 4.78 is 0. The van der Waals surface area contributed by atoms with Gasteiger partial charge in [-0.1, -0.05) is 36.4 Å². The number of anilines is 1. The van der Waals surface area contributed by atoms with Gasteiger partial charge < -0.3 is 11.1 Å². The second-order valence-corrected chi connectivity index (χ2v) is 3.80. The molecule has 2 amide bonds. The first-order valence-corrected chi connectivity index (χ1v) is 5.18. The maximum absolute atomic E-state index is 11.3. The Balaban J connectivity index is 2.55. The maximum atomic E-state index is 11.3. The topological polar surface area (TPSA) is 72.2 Å². The Morgan fingerprint density at radius 3 is 2.53 bits per heavy atom. The number of hydrogen-bond acceptors (Lipinski definition) is 2. The number of rotatable bonds is 1. The molecule has 0 saturated heterocycles. The highest BCUT2D eigenvalue weighted by atomic mass is 16.2. The zero-order valence-corrected chi connectivity index (χ0v) is 9.36. The molecule has 0 atom stereocenters. The van der Waals surface area contributed by atoms with E-state index in [0.717, 1.165) is 16.3 Å². The van der Waals surface area contributed by atoms with Crippen LogP contribution in [0.1, 0.15) is 5.56 Å². The monoisotopic (exact) mass is 228 g/mol. The van der Waals surface area contributed by atoms with E-state index in [9.17, 15) is 9.59 Å². The Morgan fingerprint density at radius 1 is 1.12 bits per heavy atom. The molecule has 2 aromatic carbocycles. The van der Waals surface area contributed by atoms with Gasteiger partial charge in [-0.25, -0.2) is 0 Å². The van der Waals surface area contributed by atoms with E-state index >= 15 is 0 Å². The van der Waals surface area contributed by atoms with E-state index in [2.05, 4.69) is 5.32 Å². The molecule has 0 aromatic heterocycles. The molecule has 86 valence electrons. The maximum Gasteiger partial charge on any atom is 0.313 e. The van der Waals surface area contributed by atoms with E-state index < -0.39 is 11.8 Å². The summed E-state index contributed by atoms with van der Waals surface area (Å²) in [6.45, 7) is 1.86. The molecule has 2 rings (SSSR count). The predicted octanol–water partition coefficient (Wildman–Crippen LogP) is 1.57. The quantitative estimate of drug-likeness (QED) is 0.727. The lowest BCUT2D eigenvalue weighted by Gasteiger charge is -2.10. The summed E-state index contributed by atoms with van der Waals surface area (Å²) in [4.78, 5) is 22.1. The molecule has 0 saturated carbocycles. The molecule has 0 bridgehead atoms.